The molecule has 2 N–H and O–H groups in total. The summed E-state index contributed by atoms with van der Waals surface area (Å²) in [4.78, 5) is 28.0. The number of carbonyl (C=O) groups is 2. The van der Waals surface area contributed by atoms with Crippen molar-refractivity contribution in [1.82, 2.24) is 14.1 Å². The van der Waals surface area contributed by atoms with Crippen LogP contribution in [0.1, 0.15) is 19.3 Å². The number of hydrogen-bond donors (Lipinski definition) is 1. The summed E-state index contributed by atoms with van der Waals surface area (Å²) in [7, 11) is -3.50. The zero-order valence-electron chi connectivity index (χ0n) is 15.3. The number of benzene rings is 1. The topological polar surface area (TPSA) is 104 Å². The van der Waals surface area contributed by atoms with Gasteiger partial charge in [0.2, 0.25) is 21.8 Å². The van der Waals surface area contributed by atoms with Crippen LogP contribution < -0.4 is 5.73 Å². The van der Waals surface area contributed by atoms with Crippen LogP contribution >= 0.6 is 0 Å². The number of amides is 2. The van der Waals surface area contributed by atoms with Crippen LogP contribution in [0.2, 0.25) is 0 Å². The number of carbonyl (C=O) groups excluding carboxylic acids is 2. The molecule has 9 heteroatoms. The normalized spacial score (nSPS) is 22.5. The number of rotatable bonds is 5. The number of hydrogen-bond acceptors (Lipinski definition) is 5. The molecule has 3 rings (SSSR count). The molecule has 148 valence electrons. The van der Waals surface area contributed by atoms with Crippen LogP contribution in [0.25, 0.3) is 0 Å². The third-order valence-electron chi connectivity index (χ3n) is 5.22. The van der Waals surface area contributed by atoms with E-state index >= 15 is 0 Å². The Labute approximate surface area is 160 Å². The predicted molar refractivity (Wildman–Crippen MR) is 100 cm³/mol. The van der Waals surface area contributed by atoms with Gasteiger partial charge in [-0.3, -0.25) is 14.5 Å². The van der Waals surface area contributed by atoms with E-state index in [1.165, 1.54) is 4.31 Å². The molecule has 0 aromatic heterocycles. The van der Waals surface area contributed by atoms with E-state index in [0.29, 0.717) is 39.1 Å². The van der Waals surface area contributed by atoms with Crippen molar-refractivity contribution in [2.24, 2.45) is 5.73 Å². The Morgan fingerprint density at radius 1 is 1.00 bits per heavy atom. The number of nitrogens with zero attached hydrogens (tertiary/aromatic N) is 3. The first-order valence-electron chi connectivity index (χ1n) is 9.26. The van der Waals surface area contributed by atoms with Crippen molar-refractivity contribution in [3.05, 3.63) is 30.3 Å². The zero-order valence-corrected chi connectivity index (χ0v) is 16.1. The third-order valence-corrected chi connectivity index (χ3v) is 7.14. The Balaban J connectivity index is 1.56. The fourth-order valence-corrected chi connectivity index (χ4v) is 5.12. The van der Waals surface area contributed by atoms with Crippen LogP contribution in [0.4, 0.5) is 0 Å². The minimum atomic E-state index is -3.50. The van der Waals surface area contributed by atoms with Gasteiger partial charge < -0.3 is 10.6 Å². The molecule has 2 fully saturated rings. The molecule has 27 heavy (non-hydrogen) atoms. The molecule has 8 nitrogen and oxygen atoms in total. The number of nitrogens with two attached hydrogens (primary N) is 1. The van der Waals surface area contributed by atoms with E-state index in [0.717, 1.165) is 12.8 Å². The van der Waals surface area contributed by atoms with E-state index in [1.807, 2.05) is 4.90 Å². The van der Waals surface area contributed by atoms with Gasteiger partial charge in [-0.25, -0.2) is 8.42 Å². The second-order valence-electron chi connectivity index (χ2n) is 6.99. The van der Waals surface area contributed by atoms with Gasteiger partial charge in [-0.2, -0.15) is 4.31 Å². The largest absolute Gasteiger partial charge is 0.368 e. The minimum Gasteiger partial charge on any atom is -0.368 e. The van der Waals surface area contributed by atoms with Crippen molar-refractivity contribution in [1.29, 1.82) is 0 Å². The lowest BCUT2D eigenvalue weighted by molar-refractivity contribution is -0.142. The Hall–Kier alpha value is -1.97. The molecule has 1 aromatic rings. The molecule has 0 saturated carbocycles. The van der Waals surface area contributed by atoms with Crippen LogP contribution in [0, 0.1) is 0 Å². The molecule has 2 aliphatic heterocycles. The first-order valence-corrected chi connectivity index (χ1v) is 10.7. The first-order chi connectivity index (χ1) is 12.9. The third kappa shape index (κ3) is 4.48. The van der Waals surface area contributed by atoms with E-state index < -0.39 is 22.0 Å². The van der Waals surface area contributed by atoms with E-state index in [1.54, 1.807) is 35.2 Å². The molecule has 2 saturated heterocycles. The average molecular weight is 394 g/mol. The van der Waals surface area contributed by atoms with Crippen molar-refractivity contribution >= 4 is 21.8 Å². The van der Waals surface area contributed by atoms with Crippen LogP contribution in [-0.4, -0.2) is 79.6 Å². The highest BCUT2D eigenvalue weighted by Crippen LogP contribution is 2.19. The Kier molecular flexibility index (Phi) is 6.13. The van der Waals surface area contributed by atoms with Crippen molar-refractivity contribution < 1.29 is 18.0 Å². The van der Waals surface area contributed by atoms with E-state index in [9.17, 15) is 18.0 Å². The van der Waals surface area contributed by atoms with Crippen molar-refractivity contribution in [2.75, 3.05) is 39.3 Å². The van der Waals surface area contributed by atoms with Gasteiger partial charge in [0, 0.05) is 32.7 Å². The van der Waals surface area contributed by atoms with E-state index in [2.05, 4.69) is 0 Å². The summed E-state index contributed by atoms with van der Waals surface area (Å²) in [6, 6.07) is 7.84. The number of piperidine rings is 1. The first kappa shape index (κ1) is 19.8. The summed E-state index contributed by atoms with van der Waals surface area (Å²) in [6.45, 7) is 2.37. The van der Waals surface area contributed by atoms with Gasteiger partial charge in [0.15, 0.2) is 0 Å². The molecule has 0 unspecified atom stereocenters. The molecule has 2 aliphatic rings. The second-order valence-corrected chi connectivity index (χ2v) is 8.93. The van der Waals surface area contributed by atoms with Crippen molar-refractivity contribution in [3.8, 4) is 0 Å². The summed E-state index contributed by atoms with van der Waals surface area (Å²) in [6.07, 6.45) is 2.39. The highest BCUT2D eigenvalue weighted by Gasteiger charge is 2.33. The summed E-state index contributed by atoms with van der Waals surface area (Å²) in [5.74, 6) is -0.570. The zero-order chi connectivity index (χ0) is 19.4. The van der Waals surface area contributed by atoms with Gasteiger partial charge in [-0.15, -0.1) is 0 Å². The second kappa shape index (κ2) is 8.37. The number of likely N-dealkylation sites (tertiary alicyclic amines) is 1. The highest BCUT2D eigenvalue weighted by molar-refractivity contribution is 7.89. The van der Waals surface area contributed by atoms with Gasteiger partial charge in [-0.05, 0) is 31.4 Å². The van der Waals surface area contributed by atoms with Gasteiger partial charge in [0.25, 0.3) is 0 Å². The van der Waals surface area contributed by atoms with E-state index in [-0.39, 0.29) is 17.3 Å². The number of piperazine rings is 1. The van der Waals surface area contributed by atoms with Crippen molar-refractivity contribution in [3.63, 3.8) is 0 Å². The maximum Gasteiger partial charge on any atom is 0.243 e. The monoisotopic (exact) mass is 394 g/mol. The maximum absolute atomic E-state index is 12.7. The SMILES string of the molecule is NC(=O)[C@H]1CCCCN1C(=O)CN1CCN(S(=O)(=O)c2ccccc2)CC1. The number of sulfonamides is 1. The highest BCUT2D eigenvalue weighted by atomic mass is 32.2. The fraction of sp³-hybridized carbons (Fsp3) is 0.556. The van der Waals surface area contributed by atoms with Gasteiger partial charge >= 0.3 is 0 Å². The van der Waals surface area contributed by atoms with E-state index in [4.69, 9.17) is 5.73 Å². The van der Waals surface area contributed by atoms with Crippen molar-refractivity contribution in [2.45, 2.75) is 30.2 Å². The summed E-state index contributed by atoms with van der Waals surface area (Å²) >= 11 is 0. The summed E-state index contributed by atoms with van der Waals surface area (Å²) in [5.41, 5.74) is 5.43. The van der Waals surface area contributed by atoms with Crippen LogP contribution in [0.15, 0.2) is 35.2 Å². The van der Waals surface area contributed by atoms with Gasteiger partial charge in [-0.1, -0.05) is 18.2 Å². The smallest absolute Gasteiger partial charge is 0.243 e. The Bertz CT molecular complexity index is 776. The lowest BCUT2D eigenvalue weighted by Crippen LogP contribution is -2.55. The van der Waals surface area contributed by atoms with Crippen LogP contribution in [0.3, 0.4) is 0 Å². The quantitative estimate of drug-likeness (QED) is 0.749. The predicted octanol–water partition coefficient (Wildman–Crippen LogP) is -0.141. The molecule has 0 bridgehead atoms. The molecule has 0 aliphatic carbocycles. The van der Waals surface area contributed by atoms with Crippen LogP contribution in [-0.2, 0) is 19.6 Å². The maximum atomic E-state index is 12.7. The summed E-state index contributed by atoms with van der Waals surface area (Å²) in [5, 5.41) is 0. The minimum absolute atomic E-state index is 0.113. The Morgan fingerprint density at radius 3 is 2.30 bits per heavy atom. The number of primary amides is 1. The summed E-state index contributed by atoms with van der Waals surface area (Å²) < 4.78 is 26.8. The molecule has 2 heterocycles. The molecule has 0 radical (unpaired) electrons. The molecule has 2 amide bonds. The molecular weight excluding hydrogens is 368 g/mol. The van der Waals surface area contributed by atoms with Gasteiger partial charge in [0.1, 0.15) is 6.04 Å². The average Bonchev–Trinajstić information content (AvgIpc) is 2.69. The molecule has 1 atom stereocenters. The van der Waals surface area contributed by atoms with Gasteiger partial charge in [0.05, 0.1) is 11.4 Å². The Morgan fingerprint density at radius 2 is 1.67 bits per heavy atom. The molecule has 0 spiro atoms. The van der Waals surface area contributed by atoms with Crippen LogP contribution in [0.5, 0.6) is 0 Å². The molecular formula is C18H26N4O4S. The lowest BCUT2D eigenvalue weighted by Gasteiger charge is -2.37. The standard InChI is InChI=1S/C18H26N4O4S/c19-18(24)16-8-4-5-9-22(16)17(23)14-20-10-12-21(13-11-20)27(25,26)15-6-2-1-3-7-15/h1-3,6-7,16H,4-5,8-14H2,(H2,19,24)/t16-/m1/s1. The lowest BCUT2D eigenvalue weighted by atomic mass is 10.0. The molecule has 1 aromatic carbocycles. The fourth-order valence-electron chi connectivity index (χ4n) is 3.68.